The van der Waals surface area contributed by atoms with Gasteiger partial charge in [-0.15, -0.1) is 0 Å². The summed E-state index contributed by atoms with van der Waals surface area (Å²) in [7, 11) is 1.67. The van der Waals surface area contributed by atoms with Crippen LogP contribution in [0.2, 0.25) is 0 Å². The first-order valence-electron chi connectivity index (χ1n) is 5.63. The minimum Gasteiger partial charge on any atom is -0.380 e. The lowest BCUT2D eigenvalue weighted by atomic mass is 10.1. The summed E-state index contributed by atoms with van der Waals surface area (Å²) in [5.74, 6) is 6.64. The van der Waals surface area contributed by atoms with Gasteiger partial charge in [0.25, 0.3) is 0 Å². The number of aromatic nitrogens is 2. The molecule has 0 aliphatic heterocycles. The molecule has 3 N–H and O–H groups in total. The van der Waals surface area contributed by atoms with Gasteiger partial charge in [0.05, 0.1) is 6.61 Å². The molecule has 0 aliphatic rings. The molecule has 0 fully saturated rings. The molecule has 2 rings (SSSR count). The Morgan fingerprint density at radius 2 is 2.11 bits per heavy atom. The van der Waals surface area contributed by atoms with Crippen molar-refractivity contribution in [3.8, 4) is 11.4 Å². The van der Waals surface area contributed by atoms with E-state index in [1.807, 2.05) is 31.2 Å². The van der Waals surface area contributed by atoms with Gasteiger partial charge >= 0.3 is 0 Å². The summed E-state index contributed by atoms with van der Waals surface area (Å²) in [6.45, 7) is 2.48. The summed E-state index contributed by atoms with van der Waals surface area (Å²) in [4.78, 5) is 8.74. The number of hydrazine groups is 1. The molecule has 0 aliphatic carbocycles. The van der Waals surface area contributed by atoms with E-state index in [4.69, 9.17) is 10.6 Å². The fourth-order valence-electron chi connectivity index (χ4n) is 1.74. The SMILES string of the molecule is COCc1cccc(-c2nc(C)cc(NN)n2)c1. The predicted octanol–water partition coefficient (Wildman–Crippen LogP) is 1.88. The van der Waals surface area contributed by atoms with E-state index in [-0.39, 0.29) is 0 Å². The van der Waals surface area contributed by atoms with E-state index < -0.39 is 0 Å². The summed E-state index contributed by atoms with van der Waals surface area (Å²) >= 11 is 0. The van der Waals surface area contributed by atoms with Crippen molar-refractivity contribution in [3.05, 3.63) is 41.6 Å². The highest BCUT2D eigenvalue weighted by molar-refractivity contribution is 5.58. The Morgan fingerprint density at radius 3 is 2.83 bits per heavy atom. The van der Waals surface area contributed by atoms with Gasteiger partial charge in [0.1, 0.15) is 5.82 Å². The van der Waals surface area contributed by atoms with Gasteiger partial charge in [0, 0.05) is 24.4 Å². The van der Waals surface area contributed by atoms with E-state index in [9.17, 15) is 0 Å². The Bertz CT molecular complexity index is 542. The Balaban J connectivity index is 2.41. The van der Waals surface area contributed by atoms with Crippen LogP contribution in [-0.2, 0) is 11.3 Å². The van der Waals surface area contributed by atoms with E-state index in [1.165, 1.54) is 0 Å². The second kappa shape index (κ2) is 5.57. The Labute approximate surface area is 106 Å². The zero-order valence-corrected chi connectivity index (χ0v) is 10.5. The average molecular weight is 244 g/mol. The number of hydrogen-bond acceptors (Lipinski definition) is 5. The van der Waals surface area contributed by atoms with E-state index in [2.05, 4.69) is 15.4 Å². The van der Waals surface area contributed by atoms with Crippen LogP contribution >= 0.6 is 0 Å². The smallest absolute Gasteiger partial charge is 0.161 e. The molecule has 0 saturated heterocycles. The number of nitrogens with one attached hydrogen (secondary N) is 1. The largest absolute Gasteiger partial charge is 0.380 e. The van der Waals surface area contributed by atoms with Gasteiger partial charge in [-0.25, -0.2) is 15.8 Å². The van der Waals surface area contributed by atoms with Crippen molar-refractivity contribution in [3.63, 3.8) is 0 Å². The van der Waals surface area contributed by atoms with Crippen LogP contribution in [0.1, 0.15) is 11.3 Å². The van der Waals surface area contributed by atoms with Crippen LogP contribution in [0.5, 0.6) is 0 Å². The minimum atomic E-state index is 0.571. The molecule has 5 heteroatoms. The van der Waals surface area contributed by atoms with Crippen LogP contribution in [0.25, 0.3) is 11.4 Å². The van der Waals surface area contributed by atoms with Crippen molar-refractivity contribution in [2.45, 2.75) is 13.5 Å². The number of methoxy groups -OCH3 is 1. The highest BCUT2D eigenvalue weighted by Crippen LogP contribution is 2.19. The molecule has 1 aromatic carbocycles. The topological polar surface area (TPSA) is 73.1 Å². The molecule has 0 spiro atoms. The quantitative estimate of drug-likeness (QED) is 0.634. The third-order valence-electron chi connectivity index (χ3n) is 2.50. The number of benzene rings is 1. The molecule has 18 heavy (non-hydrogen) atoms. The van der Waals surface area contributed by atoms with Crippen LogP contribution < -0.4 is 11.3 Å². The third-order valence-corrected chi connectivity index (χ3v) is 2.50. The molecule has 0 amide bonds. The van der Waals surface area contributed by atoms with Crippen molar-refractivity contribution in [2.24, 2.45) is 5.84 Å². The van der Waals surface area contributed by atoms with Crippen molar-refractivity contribution in [1.29, 1.82) is 0 Å². The molecule has 2 aromatic rings. The normalized spacial score (nSPS) is 10.4. The molecule has 0 bridgehead atoms. The highest BCUT2D eigenvalue weighted by Gasteiger charge is 2.05. The fraction of sp³-hybridized carbons (Fsp3) is 0.231. The van der Waals surface area contributed by atoms with Gasteiger partial charge in [-0.2, -0.15) is 0 Å². The molecule has 0 saturated carbocycles. The molecule has 0 atom stereocenters. The summed E-state index contributed by atoms with van der Waals surface area (Å²) in [6, 6.07) is 9.74. The first kappa shape index (κ1) is 12.5. The molecular weight excluding hydrogens is 228 g/mol. The summed E-state index contributed by atoms with van der Waals surface area (Å²) in [5, 5.41) is 0. The Kier molecular flexibility index (Phi) is 3.86. The number of aryl methyl sites for hydroxylation is 1. The van der Waals surface area contributed by atoms with Crippen LogP contribution in [0.4, 0.5) is 5.82 Å². The zero-order valence-electron chi connectivity index (χ0n) is 10.5. The second-order valence-electron chi connectivity index (χ2n) is 4.00. The monoisotopic (exact) mass is 244 g/mol. The first-order chi connectivity index (χ1) is 8.72. The van der Waals surface area contributed by atoms with E-state index in [0.717, 1.165) is 16.8 Å². The average Bonchev–Trinajstić information content (AvgIpc) is 2.39. The van der Waals surface area contributed by atoms with Gasteiger partial charge in [0.15, 0.2) is 5.82 Å². The van der Waals surface area contributed by atoms with E-state index in [1.54, 1.807) is 13.2 Å². The van der Waals surface area contributed by atoms with Gasteiger partial charge in [-0.1, -0.05) is 18.2 Å². The number of nitrogens with two attached hydrogens (primary N) is 1. The van der Waals surface area contributed by atoms with Crippen LogP contribution in [0, 0.1) is 6.92 Å². The van der Waals surface area contributed by atoms with Crippen molar-refractivity contribution >= 4 is 5.82 Å². The lowest BCUT2D eigenvalue weighted by molar-refractivity contribution is 0.185. The molecule has 1 aromatic heterocycles. The van der Waals surface area contributed by atoms with Gasteiger partial charge in [-0.05, 0) is 18.6 Å². The lowest BCUT2D eigenvalue weighted by Gasteiger charge is -2.07. The Hall–Kier alpha value is -1.98. The summed E-state index contributed by atoms with van der Waals surface area (Å²) in [6.07, 6.45) is 0. The number of ether oxygens (including phenoxy) is 1. The van der Waals surface area contributed by atoms with E-state index >= 15 is 0 Å². The number of nitrogen functional groups attached to an aromatic ring is 1. The number of rotatable bonds is 4. The number of anilines is 1. The standard InChI is InChI=1S/C13H16N4O/c1-9-6-12(17-14)16-13(15-9)11-5-3-4-10(7-11)8-18-2/h3-7H,8,14H2,1-2H3,(H,15,16,17). The summed E-state index contributed by atoms with van der Waals surface area (Å²) in [5.41, 5.74) is 5.44. The maximum absolute atomic E-state index is 5.38. The van der Waals surface area contributed by atoms with Crippen LogP contribution in [0.3, 0.4) is 0 Å². The molecule has 0 radical (unpaired) electrons. The zero-order chi connectivity index (χ0) is 13.0. The molecule has 0 unspecified atom stereocenters. The second-order valence-corrected chi connectivity index (χ2v) is 4.00. The molecule has 94 valence electrons. The fourth-order valence-corrected chi connectivity index (χ4v) is 1.74. The molecule has 1 heterocycles. The third kappa shape index (κ3) is 2.82. The maximum Gasteiger partial charge on any atom is 0.161 e. The highest BCUT2D eigenvalue weighted by atomic mass is 16.5. The maximum atomic E-state index is 5.38. The van der Waals surface area contributed by atoms with Gasteiger partial charge in [0.2, 0.25) is 0 Å². The van der Waals surface area contributed by atoms with Crippen molar-refractivity contribution < 1.29 is 4.74 Å². The first-order valence-corrected chi connectivity index (χ1v) is 5.63. The van der Waals surface area contributed by atoms with Crippen molar-refractivity contribution in [2.75, 3.05) is 12.5 Å². The summed E-state index contributed by atoms with van der Waals surface area (Å²) < 4.78 is 5.11. The minimum absolute atomic E-state index is 0.571. The number of hydrogen-bond donors (Lipinski definition) is 2. The van der Waals surface area contributed by atoms with Crippen LogP contribution in [-0.4, -0.2) is 17.1 Å². The molecule has 5 nitrogen and oxygen atoms in total. The predicted molar refractivity (Wildman–Crippen MR) is 70.7 cm³/mol. The van der Waals surface area contributed by atoms with Crippen LogP contribution in [0.15, 0.2) is 30.3 Å². The lowest BCUT2D eigenvalue weighted by Crippen LogP contribution is -2.10. The van der Waals surface area contributed by atoms with Gasteiger partial charge in [-0.3, -0.25) is 0 Å². The molecular formula is C13H16N4O. The Morgan fingerprint density at radius 1 is 1.28 bits per heavy atom. The van der Waals surface area contributed by atoms with Crippen molar-refractivity contribution in [1.82, 2.24) is 9.97 Å². The van der Waals surface area contributed by atoms with Gasteiger partial charge < -0.3 is 10.2 Å². The van der Waals surface area contributed by atoms with E-state index in [0.29, 0.717) is 18.2 Å². The number of nitrogens with zero attached hydrogens (tertiary/aromatic N) is 2.